The quantitative estimate of drug-likeness (QED) is 0.814. The first-order chi connectivity index (χ1) is 10.1. The fourth-order valence-electron chi connectivity index (χ4n) is 3.23. The van der Waals surface area contributed by atoms with Crippen LogP contribution in [0.3, 0.4) is 0 Å². The van der Waals surface area contributed by atoms with Crippen molar-refractivity contribution in [2.75, 3.05) is 13.1 Å². The molecule has 0 aromatic heterocycles. The highest BCUT2D eigenvalue weighted by Gasteiger charge is 2.40. The number of likely N-dealkylation sites (tertiary alicyclic amines) is 1. The standard InChI is InChI=1S/C17H32N4O/c1-6-8-21-9-7-17(12-18,10-13(21)2)20-15(22)14(19)11-16(3,4)5/h13-14H,6-11,19H2,1-5H3,(H,20,22). The van der Waals surface area contributed by atoms with Crippen LogP contribution in [-0.2, 0) is 4.79 Å². The lowest BCUT2D eigenvalue weighted by Crippen LogP contribution is -2.60. The number of carbonyl (C=O) groups is 1. The van der Waals surface area contributed by atoms with Crippen molar-refractivity contribution in [3.05, 3.63) is 0 Å². The molecule has 22 heavy (non-hydrogen) atoms. The molecule has 1 amide bonds. The number of nitriles is 1. The minimum absolute atomic E-state index is 0.00561. The summed E-state index contributed by atoms with van der Waals surface area (Å²) in [4.78, 5) is 14.8. The summed E-state index contributed by atoms with van der Waals surface area (Å²) in [6, 6.07) is 2.08. The van der Waals surface area contributed by atoms with E-state index in [0.717, 1.165) is 19.5 Å². The third-order valence-electron chi connectivity index (χ3n) is 4.35. The number of nitrogens with zero attached hydrogens (tertiary/aromatic N) is 2. The summed E-state index contributed by atoms with van der Waals surface area (Å²) >= 11 is 0. The zero-order valence-electron chi connectivity index (χ0n) is 14.8. The summed E-state index contributed by atoms with van der Waals surface area (Å²) in [6.07, 6.45) is 3.05. The second kappa shape index (κ2) is 7.43. The van der Waals surface area contributed by atoms with Crippen molar-refractivity contribution in [1.82, 2.24) is 10.2 Å². The van der Waals surface area contributed by atoms with Gasteiger partial charge in [-0.25, -0.2) is 0 Å². The molecule has 1 heterocycles. The second-order valence-electron chi connectivity index (χ2n) is 7.89. The molecule has 5 heteroatoms. The molecule has 5 nitrogen and oxygen atoms in total. The molecule has 3 unspecified atom stereocenters. The summed E-state index contributed by atoms with van der Waals surface area (Å²) in [7, 11) is 0. The number of hydrogen-bond donors (Lipinski definition) is 2. The van der Waals surface area contributed by atoms with Crippen molar-refractivity contribution < 1.29 is 4.79 Å². The Morgan fingerprint density at radius 3 is 2.64 bits per heavy atom. The van der Waals surface area contributed by atoms with Gasteiger partial charge in [-0.05, 0) is 44.6 Å². The van der Waals surface area contributed by atoms with E-state index in [1.165, 1.54) is 0 Å². The predicted molar refractivity (Wildman–Crippen MR) is 89.1 cm³/mol. The van der Waals surface area contributed by atoms with E-state index in [-0.39, 0.29) is 11.3 Å². The van der Waals surface area contributed by atoms with Crippen molar-refractivity contribution in [3.8, 4) is 6.07 Å². The summed E-state index contributed by atoms with van der Waals surface area (Å²) in [5.41, 5.74) is 5.24. The molecule has 126 valence electrons. The monoisotopic (exact) mass is 308 g/mol. The topological polar surface area (TPSA) is 82.2 Å². The van der Waals surface area contributed by atoms with E-state index in [0.29, 0.717) is 25.3 Å². The molecule has 1 rings (SSSR count). The first-order valence-electron chi connectivity index (χ1n) is 8.35. The second-order valence-corrected chi connectivity index (χ2v) is 7.89. The van der Waals surface area contributed by atoms with Gasteiger partial charge in [0.1, 0.15) is 5.54 Å². The van der Waals surface area contributed by atoms with Gasteiger partial charge in [-0.2, -0.15) is 5.26 Å². The van der Waals surface area contributed by atoms with Gasteiger partial charge < -0.3 is 16.0 Å². The van der Waals surface area contributed by atoms with Crippen LogP contribution in [0, 0.1) is 16.7 Å². The summed E-state index contributed by atoms with van der Waals surface area (Å²) in [5, 5.41) is 12.6. The summed E-state index contributed by atoms with van der Waals surface area (Å²) in [5.74, 6) is -0.201. The Balaban J connectivity index is 2.69. The normalized spacial score (nSPS) is 28.0. The molecule has 0 aromatic carbocycles. The highest BCUT2D eigenvalue weighted by molar-refractivity contribution is 5.82. The van der Waals surface area contributed by atoms with E-state index in [9.17, 15) is 10.1 Å². The van der Waals surface area contributed by atoms with E-state index < -0.39 is 11.6 Å². The Bertz CT molecular complexity index is 423. The smallest absolute Gasteiger partial charge is 0.238 e. The SMILES string of the molecule is CCCN1CCC(C#N)(NC(=O)C(N)CC(C)(C)C)CC1C. The van der Waals surface area contributed by atoms with E-state index in [1.54, 1.807) is 0 Å². The van der Waals surface area contributed by atoms with Crippen molar-refractivity contribution in [2.45, 2.75) is 77.9 Å². The molecular formula is C17H32N4O. The number of amides is 1. The molecule has 3 atom stereocenters. The van der Waals surface area contributed by atoms with Gasteiger partial charge in [0.05, 0.1) is 12.1 Å². The van der Waals surface area contributed by atoms with Crippen LogP contribution in [0.4, 0.5) is 0 Å². The van der Waals surface area contributed by atoms with Crippen LogP contribution in [0.2, 0.25) is 0 Å². The van der Waals surface area contributed by atoms with Gasteiger partial charge in [0.2, 0.25) is 5.91 Å². The maximum atomic E-state index is 12.4. The molecule has 1 aliphatic heterocycles. The molecule has 0 spiro atoms. The van der Waals surface area contributed by atoms with Gasteiger partial charge in [0.25, 0.3) is 0 Å². The van der Waals surface area contributed by atoms with E-state index in [4.69, 9.17) is 5.73 Å². The fourth-order valence-corrected chi connectivity index (χ4v) is 3.23. The van der Waals surface area contributed by atoms with E-state index in [1.807, 2.05) is 0 Å². The Morgan fingerprint density at radius 2 is 2.18 bits per heavy atom. The predicted octanol–water partition coefficient (Wildman–Crippen LogP) is 2.02. The number of hydrogen-bond acceptors (Lipinski definition) is 4. The number of rotatable bonds is 5. The average Bonchev–Trinajstić information content (AvgIpc) is 2.40. The Morgan fingerprint density at radius 1 is 1.55 bits per heavy atom. The summed E-state index contributed by atoms with van der Waals surface area (Å²) in [6.45, 7) is 12.4. The van der Waals surface area contributed by atoms with Crippen LogP contribution in [0.15, 0.2) is 0 Å². The molecule has 0 radical (unpaired) electrons. The van der Waals surface area contributed by atoms with Gasteiger partial charge in [0, 0.05) is 12.6 Å². The Kier molecular flexibility index (Phi) is 6.39. The number of nitrogens with two attached hydrogens (primary N) is 1. The minimum atomic E-state index is -0.768. The van der Waals surface area contributed by atoms with Gasteiger partial charge in [0.15, 0.2) is 0 Å². The fraction of sp³-hybridized carbons (Fsp3) is 0.882. The third kappa shape index (κ3) is 5.26. The molecule has 1 fully saturated rings. The van der Waals surface area contributed by atoms with E-state index >= 15 is 0 Å². The van der Waals surface area contributed by atoms with Crippen molar-refractivity contribution in [3.63, 3.8) is 0 Å². The highest BCUT2D eigenvalue weighted by atomic mass is 16.2. The number of piperidine rings is 1. The van der Waals surface area contributed by atoms with Crippen LogP contribution >= 0.6 is 0 Å². The highest BCUT2D eigenvalue weighted by Crippen LogP contribution is 2.27. The van der Waals surface area contributed by atoms with Crippen molar-refractivity contribution in [1.29, 1.82) is 5.26 Å². The van der Waals surface area contributed by atoms with Crippen LogP contribution < -0.4 is 11.1 Å². The average molecular weight is 308 g/mol. The molecule has 0 bridgehead atoms. The largest absolute Gasteiger partial charge is 0.336 e. The van der Waals surface area contributed by atoms with Crippen molar-refractivity contribution in [2.24, 2.45) is 11.1 Å². The van der Waals surface area contributed by atoms with Crippen LogP contribution in [0.5, 0.6) is 0 Å². The lowest BCUT2D eigenvalue weighted by molar-refractivity contribution is -0.125. The van der Waals surface area contributed by atoms with Crippen LogP contribution in [0.1, 0.15) is 60.3 Å². The number of carbonyl (C=O) groups excluding carboxylic acids is 1. The van der Waals surface area contributed by atoms with Crippen LogP contribution in [-0.4, -0.2) is 41.5 Å². The van der Waals surface area contributed by atoms with Crippen molar-refractivity contribution >= 4 is 5.91 Å². The van der Waals surface area contributed by atoms with Crippen LogP contribution in [0.25, 0.3) is 0 Å². The molecule has 0 saturated carbocycles. The molecule has 0 aliphatic carbocycles. The minimum Gasteiger partial charge on any atom is -0.336 e. The zero-order chi connectivity index (χ0) is 17.0. The third-order valence-corrected chi connectivity index (χ3v) is 4.35. The maximum absolute atomic E-state index is 12.4. The molecule has 1 aliphatic rings. The Labute approximate surface area is 135 Å². The zero-order valence-corrected chi connectivity index (χ0v) is 14.8. The maximum Gasteiger partial charge on any atom is 0.238 e. The first kappa shape index (κ1) is 18.9. The molecule has 3 N–H and O–H groups in total. The molecule has 1 saturated heterocycles. The van der Waals surface area contributed by atoms with Gasteiger partial charge in [-0.1, -0.05) is 27.7 Å². The van der Waals surface area contributed by atoms with Gasteiger partial charge in [-0.15, -0.1) is 0 Å². The number of nitrogens with one attached hydrogen (secondary N) is 1. The van der Waals surface area contributed by atoms with Gasteiger partial charge >= 0.3 is 0 Å². The molecular weight excluding hydrogens is 276 g/mol. The summed E-state index contributed by atoms with van der Waals surface area (Å²) < 4.78 is 0. The lowest BCUT2D eigenvalue weighted by atomic mass is 9.83. The lowest BCUT2D eigenvalue weighted by Gasteiger charge is -2.42. The molecule has 0 aromatic rings. The van der Waals surface area contributed by atoms with Gasteiger partial charge in [-0.3, -0.25) is 4.79 Å². The first-order valence-corrected chi connectivity index (χ1v) is 8.35. The van der Waals surface area contributed by atoms with E-state index in [2.05, 4.69) is 50.9 Å². The Hall–Kier alpha value is -1.12.